The number of benzene rings is 1. The fourth-order valence-corrected chi connectivity index (χ4v) is 5.46. The molecule has 3 aliphatic heterocycles. The van der Waals surface area contributed by atoms with Crippen molar-refractivity contribution in [2.45, 2.75) is 43.9 Å². The summed E-state index contributed by atoms with van der Waals surface area (Å²) in [4.78, 5) is 22.9. The van der Waals surface area contributed by atoms with E-state index >= 15 is 0 Å². The minimum Gasteiger partial charge on any atom is -0.322 e. The summed E-state index contributed by atoms with van der Waals surface area (Å²) in [6.07, 6.45) is 4.60. The summed E-state index contributed by atoms with van der Waals surface area (Å²) >= 11 is 0. The molecule has 3 saturated heterocycles. The number of piperidine rings is 1. The van der Waals surface area contributed by atoms with Crippen LogP contribution in [0.4, 0.5) is 4.39 Å². The van der Waals surface area contributed by atoms with E-state index in [0.717, 1.165) is 70.1 Å². The van der Waals surface area contributed by atoms with E-state index in [-0.39, 0.29) is 17.5 Å². The molecule has 1 atom stereocenters. The summed E-state index contributed by atoms with van der Waals surface area (Å²) in [6, 6.07) is 6.90. The van der Waals surface area contributed by atoms with Gasteiger partial charge in [-0.1, -0.05) is 12.1 Å². The number of rotatable bonds is 4. The zero-order valence-corrected chi connectivity index (χ0v) is 16.8. The van der Waals surface area contributed by atoms with Gasteiger partial charge in [0.05, 0.1) is 5.66 Å². The fraction of sp³-hybridized carbons (Fsp3) is 0.682. The molecule has 5 nitrogen and oxygen atoms in total. The van der Waals surface area contributed by atoms with Gasteiger partial charge in [-0.3, -0.25) is 14.6 Å². The highest BCUT2D eigenvalue weighted by Gasteiger charge is 2.58. The lowest BCUT2D eigenvalue weighted by Gasteiger charge is -2.51. The molecule has 152 valence electrons. The number of amides is 1. The normalized spacial score (nSPS) is 28.9. The van der Waals surface area contributed by atoms with Crippen LogP contribution in [0.1, 0.15) is 31.2 Å². The number of hydrogen-bond acceptors (Lipinski definition) is 4. The first-order valence-electron chi connectivity index (χ1n) is 10.8. The van der Waals surface area contributed by atoms with Gasteiger partial charge in [0, 0.05) is 45.8 Å². The number of nitrogens with zero attached hydrogens (tertiary/aromatic N) is 4. The Kier molecular flexibility index (Phi) is 4.68. The van der Waals surface area contributed by atoms with E-state index < -0.39 is 0 Å². The molecule has 6 heteroatoms. The standard InChI is InChI=1S/C22H31FN4O/c1-24-12-13-26-20(16-24)21(28)27(15-18-2-3-18)22(26)8-10-25(11-9-22)14-17-4-6-19(23)7-5-17/h4-7,18,20H,2-3,8-16H2,1H3/t20-/m1/s1. The molecule has 0 unspecified atom stereocenters. The molecule has 1 amide bonds. The molecule has 1 aromatic rings. The fourth-order valence-electron chi connectivity index (χ4n) is 5.46. The van der Waals surface area contributed by atoms with Crippen LogP contribution in [-0.2, 0) is 11.3 Å². The average Bonchev–Trinajstić information content (AvgIpc) is 3.49. The molecule has 5 rings (SSSR count). The third-order valence-corrected chi connectivity index (χ3v) is 7.29. The Balaban J connectivity index is 1.32. The number of halogens is 1. The topological polar surface area (TPSA) is 30.0 Å². The van der Waals surface area contributed by atoms with Crippen LogP contribution in [-0.4, -0.2) is 83.5 Å². The maximum Gasteiger partial charge on any atom is 0.242 e. The SMILES string of the molecule is CN1CCN2[C@H](C1)C(=O)N(CC1CC1)C21CCN(Cc2ccc(F)cc2)CC1. The van der Waals surface area contributed by atoms with Crippen molar-refractivity contribution < 1.29 is 9.18 Å². The highest BCUT2D eigenvalue weighted by molar-refractivity contribution is 5.85. The summed E-state index contributed by atoms with van der Waals surface area (Å²) < 4.78 is 13.2. The van der Waals surface area contributed by atoms with Crippen LogP contribution in [0.2, 0.25) is 0 Å². The van der Waals surface area contributed by atoms with Gasteiger partial charge in [0.2, 0.25) is 5.91 Å². The maximum atomic E-state index is 13.3. The van der Waals surface area contributed by atoms with Crippen LogP contribution in [0.25, 0.3) is 0 Å². The molecule has 0 aromatic heterocycles. The third kappa shape index (κ3) is 3.25. The minimum atomic E-state index is -0.178. The molecule has 1 aliphatic carbocycles. The van der Waals surface area contributed by atoms with E-state index in [2.05, 4.69) is 26.6 Å². The zero-order chi connectivity index (χ0) is 19.3. The number of hydrogen-bond donors (Lipinski definition) is 0. The largest absolute Gasteiger partial charge is 0.322 e. The third-order valence-electron chi connectivity index (χ3n) is 7.29. The van der Waals surface area contributed by atoms with E-state index in [0.29, 0.717) is 5.91 Å². The number of carbonyl (C=O) groups excluding carboxylic acids is 1. The number of likely N-dealkylation sites (tertiary alicyclic amines) is 1. The predicted octanol–water partition coefficient (Wildman–Crippen LogP) is 1.99. The Labute approximate surface area is 167 Å². The van der Waals surface area contributed by atoms with Gasteiger partial charge in [-0.05, 0) is 56.3 Å². The van der Waals surface area contributed by atoms with Gasteiger partial charge in [-0.15, -0.1) is 0 Å². The van der Waals surface area contributed by atoms with Crippen molar-refractivity contribution in [2.75, 3.05) is 46.3 Å². The molecule has 3 heterocycles. The highest BCUT2D eigenvalue weighted by Crippen LogP contribution is 2.44. The van der Waals surface area contributed by atoms with Crippen LogP contribution in [0.3, 0.4) is 0 Å². The van der Waals surface area contributed by atoms with Gasteiger partial charge in [0.15, 0.2) is 0 Å². The van der Waals surface area contributed by atoms with Crippen molar-refractivity contribution in [2.24, 2.45) is 5.92 Å². The highest BCUT2D eigenvalue weighted by atomic mass is 19.1. The summed E-state index contributed by atoms with van der Waals surface area (Å²) in [5.41, 5.74) is 1.08. The van der Waals surface area contributed by atoms with Crippen molar-refractivity contribution in [3.05, 3.63) is 35.6 Å². The van der Waals surface area contributed by atoms with Crippen LogP contribution < -0.4 is 0 Å². The van der Waals surface area contributed by atoms with E-state index in [1.54, 1.807) is 12.1 Å². The van der Waals surface area contributed by atoms with E-state index in [1.807, 2.05) is 12.1 Å². The molecule has 0 bridgehead atoms. The minimum absolute atomic E-state index is 0.0427. The Morgan fingerprint density at radius 2 is 1.79 bits per heavy atom. The maximum absolute atomic E-state index is 13.3. The van der Waals surface area contributed by atoms with Gasteiger partial charge < -0.3 is 9.80 Å². The molecule has 0 radical (unpaired) electrons. The molecule has 4 fully saturated rings. The summed E-state index contributed by atoms with van der Waals surface area (Å²) in [7, 11) is 2.13. The zero-order valence-electron chi connectivity index (χ0n) is 16.8. The molecule has 1 aromatic carbocycles. The second kappa shape index (κ2) is 7.08. The van der Waals surface area contributed by atoms with E-state index in [1.165, 1.54) is 12.8 Å². The van der Waals surface area contributed by atoms with Crippen molar-refractivity contribution in [3.63, 3.8) is 0 Å². The van der Waals surface area contributed by atoms with Crippen molar-refractivity contribution >= 4 is 5.91 Å². The molecular formula is C22H31FN4O. The number of likely N-dealkylation sites (N-methyl/N-ethyl adjacent to an activating group) is 1. The second-order valence-electron chi connectivity index (χ2n) is 9.25. The number of fused-ring (bicyclic) bond motifs is 2. The lowest BCUT2D eigenvalue weighted by molar-refractivity contribution is -0.134. The van der Waals surface area contributed by atoms with Gasteiger partial charge in [-0.25, -0.2) is 4.39 Å². The van der Waals surface area contributed by atoms with E-state index in [9.17, 15) is 9.18 Å². The molecule has 28 heavy (non-hydrogen) atoms. The Bertz CT molecular complexity index is 727. The van der Waals surface area contributed by atoms with Gasteiger partial charge in [0.25, 0.3) is 0 Å². The first kappa shape index (κ1) is 18.5. The number of piperazine rings is 1. The lowest BCUT2D eigenvalue weighted by atomic mass is 9.93. The van der Waals surface area contributed by atoms with Gasteiger partial charge in [0.1, 0.15) is 11.9 Å². The predicted molar refractivity (Wildman–Crippen MR) is 106 cm³/mol. The van der Waals surface area contributed by atoms with Gasteiger partial charge >= 0.3 is 0 Å². The van der Waals surface area contributed by atoms with E-state index in [4.69, 9.17) is 0 Å². The second-order valence-corrected chi connectivity index (χ2v) is 9.25. The first-order valence-corrected chi connectivity index (χ1v) is 10.8. The Hall–Kier alpha value is -1.50. The van der Waals surface area contributed by atoms with Crippen molar-refractivity contribution in [1.29, 1.82) is 0 Å². The molecular weight excluding hydrogens is 355 g/mol. The van der Waals surface area contributed by atoms with Crippen LogP contribution in [0.15, 0.2) is 24.3 Å². The lowest BCUT2D eigenvalue weighted by Crippen LogP contribution is -2.63. The summed E-state index contributed by atoms with van der Waals surface area (Å²) in [5.74, 6) is 0.908. The van der Waals surface area contributed by atoms with Crippen LogP contribution in [0, 0.1) is 11.7 Å². The monoisotopic (exact) mass is 386 g/mol. The van der Waals surface area contributed by atoms with Crippen LogP contribution >= 0.6 is 0 Å². The van der Waals surface area contributed by atoms with Gasteiger partial charge in [-0.2, -0.15) is 0 Å². The molecule has 4 aliphatic rings. The Morgan fingerprint density at radius 3 is 2.46 bits per heavy atom. The van der Waals surface area contributed by atoms with Crippen LogP contribution in [0.5, 0.6) is 0 Å². The Morgan fingerprint density at radius 1 is 1.07 bits per heavy atom. The summed E-state index contributed by atoms with van der Waals surface area (Å²) in [5, 5.41) is 0. The molecule has 0 N–H and O–H groups in total. The molecule has 1 saturated carbocycles. The molecule has 1 spiro atoms. The smallest absolute Gasteiger partial charge is 0.242 e. The number of carbonyl (C=O) groups is 1. The summed E-state index contributed by atoms with van der Waals surface area (Å²) in [6.45, 7) is 6.69. The van der Waals surface area contributed by atoms with Crippen molar-refractivity contribution in [1.82, 2.24) is 19.6 Å². The quantitative estimate of drug-likeness (QED) is 0.792. The average molecular weight is 387 g/mol. The van der Waals surface area contributed by atoms with Crippen molar-refractivity contribution in [3.8, 4) is 0 Å². The first-order chi connectivity index (χ1) is 13.5.